The van der Waals surface area contributed by atoms with Gasteiger partial charge < -0.3 is 10.2 Å². The van der Waals surface area contributed by atoms with Crippen LogP contribution in [0.3, 0.4) is 0 Å². The van der Waals surface area contributed by atoms with Gasteiger partial charge in [-0.2, -0.15) is 0 Å². The summed E-state index contributed by atoms with van der Waals surface area (Å²) in [4.78, 5) is 28.5. The van der Waals surface area contributed by atoms with Gasteiger partial charge in [0.2, 0.25) is 5.91 Å². The molecule has 1 heterocycles. The maximum Gasteiger partial charge on any atom is 0.256 e. The third kappa shape index (κ3) is 5.25. The number of nitrogens with zero attached hydrogens (tertiary/aromatic N) is 1. The Bertz CT molecular complexity index is 876. The second kappa shape index (κ2) is 10.2. The smallest absolute Gasteiger partial charge is 0.256 e. The van der Waals surface area contributed by atoms with Crippen molar-refractivity contribution in [2.24, 2.45) is 0 Å². The quantitative estimate of drug-likeness (QED) is 0.563. The molecule has 1 N–H and O–H groups in total. The Morgan fingerprint density at radius 1 is 0.933 bits per heavy atom. The van der Waals surface area contributed by atoms with Crippen LogP contribution in [0.25, 0.3) is 0 Å². The number of benzene rings is 2. The number of carbonyl (C=O) groups excluding carboxylic acids is 2. The van der Waals surface area contributed by atoms with Crippen LogP contribution >= 0.6 is 11.8 Å². The van der Waals surface area contributed by atoms with Crippen LogP contribution in [0, 0.1) is 0 Å². The molecule has 0 aliphatic carbocycles. The van der Waals surface area contributed by atoms with E-state index in [9.17, 15) is 9.59 Å². The van der Waals surface area contributed by atoms with E-state index in [1.807, 2.05) is 29.2 Å². The van der Waals surface area contributed by atoms with Crippen molar-refractivity contribution in [2.75, 3.05) is 24.2 Å². The first-order chi connectivity index (χ1) is 14.4. The first-order valence-corrected chi connectivity index (χ1v) is 11.8. The van der Waals surface area contributed by atoms with Crippen LogP contribution in [-0.4, -0.2) is 35.6 Å². The number of hydrogen-bond acceptors (Lipinski definition) is 3. The van der Waals surface area contributed by atoms with E-state index < -0.39 is 0 Å². The highest BCUT2D eigenvalue weighted by molar-refractivity contribution is 8.00. The summed E-state index contributed by atoms with van der Waals surface area (Å²) in [7, 11) is 0. The Labute approximate surface area is 184 Å². The lowest BCUT2D eigenvalue weighted by Gasteiger charge is -2.21. The molecule has 2 aromatic rings. The zero-order valence-corrected chi connectivity index (χ0v) is 19.2. The Balaban J connectivity index is 1.81. The minimum absolute atomic E-state index is 0.123. The summed E-state index contributed by atoms with van der Waals surface area (Å²) >= 11 is 1.45. The van der Waals surface area contributed by atoms with Gasteiger partial charge in [-0.15, -0.1) is 11.8 Å². The first kappa shape index (κ1) is 22.4. The van der Waals surface area contributed by atoms with Crippen molar-refractivity contribution in [2.45, 2.75) is 57.3 Å². The zero-order chi connectivity index (χ0) is 21.7. The largest absolute Gasteiger partial charge is 0.342 e. The normalized spacial score (nSPS) is 13.9. The van der Waals surface area contributed by atoms with Gasteiger partial charge in [0.15, 0.2) is 0 Å². The van der Waals surface area contributed by atoms with Crippen molar-refractivity contribution in [3.05, 3.63) is 59.2 Å². The highest BCUT2D eigenvalue weighted by atomic mass is 32.2. The molecule has 0 saturated carbocycles. The van der Waals surface area contributed by atoms with Gasteiger partial charge in [-0.1, -0.05) is 58.0 Å². The lowest BCUT2D eigenvalue weighted by atomic mass is 9.92. The van der Waals surface area contributed by atoms with E-state index in [0.29, 0.717) is 23.2 Å². The Morgan fingerprint density at radius 2 is 1.53 bits per heavy atom. The molecule has 160 valence electrons. The molecular formula is C25H32N2O2S. The van der Waals surface area contributed by atoms with Crippen molar-refractivity contribution in [3.8, 4) is 0 Å². The van der Waals surface area contributed by atoms with Crippen LogP contribution in [0.15, 0.2) is 47.4 Å². The Morgan fingerprint density at radius 3 is 2.13 bits per heavy atom. The van der Waals surface area contributed by atoms with Crippen molar-refractivity contribution in [1.29, 1.82) is 0 Å². The van der Waals surface area contributed by atoms with Crippen molar-refractivity contribution >= 4 is 29.3 Å². The molecule has 0 atom stereocenters. The first-order valence-electron chi connectivity index (χ1n) is 10.8. The number of hydrogen-bond donors (Lipinski definition) is 1. The van der Waals surface area contributed by atoms with Crippen LogP contribution in [0.4, 0.5) is 5.69 Å². The topological polar surface area (TPSA) is 49.4 Å². The molecule has 0 bridgehead atoms. The number of likely N-dealkylation sites (tertiary alicyclic amines) is 1. The number of rotatable bonds is 7. The SMILES string of the molecule is CC(C)c1cccc(C(C)C)c1NC(=O)c1ccccc1SCC(=O)N1CCCC1. The fraction of sp³-hybridized carbons (Fsp3) is 0.440. The molecule has 2 amide bonds. The van der Waals surface area contributed by atoms with Crippen LogP contribution in [0.5, 0.6) is 0 Å². The Hall–Kier alpha value is -2.27. The monoisotopic (exact) mass is 424 g/mol. The van der Waals surface area contributed by atoms with Gasteiger partial charge in [0.05, 0.1) is 11.3 Å². The average molecular weight is 425 g/mol. The van der Waals surface area contributed by atoms with Crippen molar-refractivity contribution in [3.63, 3.8) is 0 Å². The number of anilines is 1. The summed E-state index contributed by atoms with van der Waals surface area (Å²) in [6.07, 6.45) is 2.17. The lowest BCUT2D eigenvalue weighted by Crippen LogP contribution is -2.29. The Kier molecular flexibility index (Phi) is 7.59. The van der Waals surface area contributed by atoms with Gasteiger partial charge in [-0.3, -0.25) is 9.59 Å². The summed E-state index contributed by atoms with van der Waals surface area (Å²) < 4.78 is 0. The fourth-order valence-electron chi connectivity index (χ4n) is 3.85. The standard InChI is InChI=1S/C25H32N2O2S/c1-17(2)19-11-9-12-20(18(3)4)24(19)26-25(29)21-10-5-6-13-22(21)30-16-23(28)27-14-7-8-15-27/h5-6,9-13,17-18H,7-8,14-16H2,1-4H3,(H,26,29). The van der Waals surface area contributed by atoms with E-state index in [1.165, 1.54) is 11.8 Å². The average Bonchev–Trinajstić information content (AvgIpc) is 3.27. The number of para-hydroxylation sites is 1. The van der Waals surface area contributed by atoms with Gasteiger partial charge in [0.1, 0.15) is 0 Å². The molecule has 1 aliphatic rings. The predicted molar refractivity (Wildman–Crippen MR) is 126 cm³/mol. The number of carbonyl (C=O) groups is 2. The summed E-state index contributed by atoms with van der Waals surface area (Å²) in [6.45, 7) is 10.3. The molecule has 1 aliphatic heterocycles. The summed E-state index contributed by atoms with van der Waals surface area (Å²) in [5.74, 6) is 1.01. The molecular weight excluding hydrogens is 392 g/mol. The third-order valence-electron chi connectivity index (χ3n) is 5.55. The maximum absolute atomic E-state index is 13.3. The number of amides is 2. The highest BCUT2D eigenvalue weighted by Gasteiger charge is 2.21. The summed E-state index contributed by atoms with van der Waals surface area (Å²) in [6, 6.07) is 13.8. The van der Waals surface area contributed by atoms with E-state index in [0.717, 1.165) is 47.6 Å². The molecule has 30 heavy (non-hydrogen) atoms. The van der Waals surface area contributed by atoms with Crippen LogP contribution in [-0.2, 0) is 4.79 Å². The second-order valence-corrected chi connectivity index (χ2v) is 9.46. The minimum Gasteiger partial charge on any atom is -0.342 e. The van der Waals surface area contributed by atoms with E-state index in [2.05, 4.69) is 51.2 Å². The maximum atomic E-state index is 13.3. The van der Waals surface area contributed by atoms with Gasteiger partial charge in [0, 0.05) is 23.7 Å². The summed E-state index contributed by atoms with van der Waals surface area (Å²) in [5.41, 5.74) is 3.82. The molecule has 0 spiro atoms. The molecule has 3 rings (SSSR count). The van der Waals surface area contributed by atoms with E-state index >= 15 is 0 Å². The lowest BCUT2D eigenvalue weighted by molar-refractivity contribution is -0.127. The molecule has 0 radical (unpaired) electrons. The minimum atomic E-state index is -0.123. The van der Waals surface area contributed by atoms with Crippen LogP contribution in [0.1, 0.15) is 73.9 Å². The predicted octanol–water partition coefficient (Wildman–Crippen LogP) is 5.90. The van der Waals surface area contributed by atoms with E-state index in [1.54, 1.807) is 0 Å². The van der Waals surface area contributed by atoms with Crippen molar-refractivity contribution in [1.82, 2.24) is 4.90 Å². The molecule has 0 aromatic heterocycles. The van der Waals surface area contributed by atoms with Gasteiger partial charge in [-0.25, -0.2) is 0 Å². The van der Waals surface area contributed by atoms with E-state index in [4.69, 9.17) is 0 Å². The molecule has 4 nitrogen and oxygen atoms in total. The van der Waals surface area contributed by atoms with E-state index in [-0.39, 0.29) is 11.8 Å². The number of nitrogens with one attached hydrogen (secondary N) is 1. The fourth-order valence-corrected chi connectivity index (χ4v) is 4.81. The van der Waals surface area contributed by atoms with Crippen molar-refractivity contribution < 1.29 is 9.59 Å². The molecule has 2 aromatic carbocycles. The summed E-state index contributed by atoms with van der Waals surface area (Å²) in [5, 5.41) is 3.19. The molecule has 1 fully saturated rings. The molecule has 0 unspecified atom stereocenters. The highest BCUT2D eigenvalue weighted by Crippen LogP contribution is 2.33. The molecule has 5 heteroatoms. The second-order valence-electron chi connectivity index (χ2n) is 8.45. The zero-order valence-electron chi connectivity index (χ0n) is 18.4. The van der Waals surface area contributed by atoms with Gasteiger partial charge in [-0.05, 0) is 47.9 Å². The molecule has 1 saturated heterocycles. The van der Waals surface area contributed by atoms with Gasteiger partial charge in [0.25, 0.3) is 5.91 Å². The third-order valence-corrected chi connectivity index (χ3v) is 6.61. The number of thioether (sulfide) groups is 1. The van der Waals surface area contributed by atoms with Crippen LogP contribution < -0.4 is 5.32 Å². The van der Waals surface area contributed by atoms with Crippen LogP contribution in [0.2, 0.25) is 0 Å². The van der Waals surface area contributed by atoms with Gasteiger partial charge >= 0.3 is 0 Å².